The minimum Gasteiger partial charge on any atom is -0.486 e. The molecule has 0 saturated carbocycles. The number of hydrogen-bond acceptors (Lipinski definition) is 3. The first-order valence-corrected chi connectivity index (χ1v) is 5.86. The largest absolute Gasteiger partial charge is 0.486 e. The molecule has 0 aromatic heterocycles. The summed E-state index contributed by atoms with van der Waals surface area (Å²) in [6, 6.07) is 3.38. The molecule has 0 saturated heterocycles. The average Bonchev–Trinajstić information content (AvgIpc) is 2.62. The predicted molar refractivity (Wildman–Crippen MR) is 68.2 cm³/mol. The van der Waals surface area contributed by atoms with E-state index < -0.39 is 5.60 Å². The third kappa shape index (κ3) is 2.28. The van der Waals surface area contributed by atoms with Crippen molar-refractivity contribution in [2.75, 3.05) is 6.54 Å². The van der Waals surface area contributed by atoms with Gasteiger partial charge in [0.2, 0.25) is 0 Å². The normalized spacial score (nSPS) is 20.8. The number of azide groups is 1. The van der Waals surface area contributed by atoms with Gasteiger partial charge in [-0.05, 0) is 31.5 Å². The molecule has 0 amide bonds. The Bertz CT molecular complexity index is 567. The lowest BCUT2D eigenvalue weighted by Gasteiger charge is -2.21. The van der Waals surface area contributed by atoms with Crippen molar-refractivity contribution in [3.8, 4) is 5.75 Å². The molecule has 0 aliphatic carbocycles. The van der Waals surface area contributed by atoms with Crippen molar-refractivity contribution >= 4 is 17.4 Å². The molecule has 1 atom stereocenters. The van der Waals surface area contributed by atoms with Crippen LogP contribution in [0.1, 0.15) is 29.8 Å². The molecular weight excluding hydrogens is 254 g/mol. The van der Waals surface area contributed by atoms with E-state index in [0.29, 0.717) is 22.8 Å². The van der Waals surface area contributed by atoms with Gasteiger partial charge in [0.25, 0.3) is 0 Å². The number of carbonyl (C=O) groups is 1. The number of benzene rings is 1. The second-order valence-corrected chi connectivity index (χ2v) is 5.05. The number of rotatable bonds is 3. The van der Waals surface area contributed by atoms with E-state index in [9.17, 15) is 4.79 Å². The fourth-order valence-electron chi connectivity index (χ4n) is 2.12. The molecule has 1 heterocycles. The molecule has 18 heavy (non-hydrogen) atoms. The summed E-state index contributed by atoms with van der Waals surface area (Å²) in [6.45, 7) is 3.53. The molecule has 1 aromatic carbocycles. The molecule has 94 valence electrons. The van der Waals surface area contributed by atoms with Crippen molar-refractivity contribution in [3.05, 3.63) is 38.7 Å². The topological polar surface area (TPSA) is 75.1 Å². The van der Waals surface area contributed by atoms with Crippen molar-refractivity contribution in [3.63, 3.8) is 0 Å². The van der Waals surface area contributed by atoms with Crippen LogP contribution < -0.4 is 4.74 Å². The number of nitrogens with zero attached hydrogens (tertiary/aromatic N) is 3. The number of fused-ring (bicyclic) bond motifs is 1. The number of halogens is 1. The van der Waals surface area contributed by atoms with Gasteiger partial charge in [-0.25, -0.2) is 0 Å². The Balaban J connectivity index is 2.42. The second-order valence-electron chi connectivity index (χ2n) is 4.62. The van der Waals surface area contributed by atoms with E-state index in [4.69, 9.17) is 21.9 Å². The van der Waals surface area contributed by atoms with Gasteiger partial charge < -0.3 is 4.74 Å². The second kappa shape index (κ2) is 4.52. The summed E-state index contributed by atoms with van der Waals surface area (Å²) in [4.78, 5) is 14.3. The molecule has 6 heteroatoms. The van der Waals surface area contributed by atoms with Crippen molar-refractivity contribution in [2.45, 2.75) is 25.9 Å². The molecule has 1 aliphatic rings. The molecule has 2 rings (SSSR count). The summed E-state index contributed by atoms with van der Waals surface area (Å²) in [5.74, 6) is 0.462. The van der Waals surface area contributed by atoms with E-state index in [2.05, 4.69) is 10.0 Å². The molecular formula is C12H12ClN3O2. The van der Waals surface area contributed by atoms with Crippen LogP contribution in [0, 0.1) is 0 Å². The van der Waals surface area contributed by atoms with Crippen LogP contribution in [0.25, 0.3) is 10.4 Å². The van der Waals surface area contributed by atoms with Crippen LogP contribution in [0.3, 0.4) is 0 Å². The minimum absolute atomic E-state index is 0.0956. The zero-order valence-electron chi connectivity index (χ0n) is 10.1. The highest BCUT2D eigenvalue weighted by atomic mass is 35.5. The third-order valence-corrected chi connectivity index (χ3v) is 3.11. The van der Waals surface area contributed by atoms with Gasteiger partial charge in [0.05, 0.1) is 12.1 Å². The quantitative estimate of drug-likeness (QED) is 0.363. The molecule has 0 radical (unpaired) electrons. The van der Waals surface area contributed by atoms with Gasteiger partial charge in [-0.3, -0.25) is 4.79 Å². The van der Waals surface area contributed by atoms with E-state index >= 15 is 0 Å². The molecule has 5 nitrogen and oxygen atoms in total. The van der Waals surface area contributed by atoms with Gasteiger partial charge in [-0.2, -0.15) is 0 Å². The molecule has 0 bridgehead atoms. The standard InChI is InChI=1S/C12H12ClN3O2/c1-7(17)10-4-9(13)3-8-5-12(2,6-15-16-14)18-11(8)10/h3-4H,5-6H2,1-2H3. The third-order valence-electron chi connectivity index (χ3n) is 2.89. The Kier molecular flexibility index (Phi) is 3.20. The van der Waals surface area contributed by atoms with Gasteiger partial charge >= 0.3 is 0 Å². The molecule has 0 fully saturated rings. The fraction of sp³-hybridized carbons (Fsp3) is 0.417. The summed E-state index contributed by atoms with van der Waals surface area (Å²) in [6.07, 6.45) is 0.572. The van der Waals surface area contributed by atoms with Gasteiger partial charge in [0.15, 0.2) is 5.78 Å². The summed E-state index contributed by atoms with van der Waals surface area (Å²) in [5, 5.41) is 4.05. The first-order chi connectivity index (χ1) is 8.45. The molecule has 1 aliphatic heterocycles. The molecule has 0 N–H and O–H groups in total. The van der Waals surface area contributed by atoms with Crippen LogP contribution in [-0.2, 0) is 6.42 Å². The van der Waals surface area contributed by atoms with E-state index in [-0.39, 0.29) is 12.3 Å². The predicted octanol–water partition coefficient (Wildman–Crippen LogP) is 3.55. The van der Waals surface area contributed by atoms with Crippen LogP contribution in [0.15, 0.2) is 17.2 Å². The maximum absolute atomic E-state index is 11.6. The highest BCUT2D eigenvalue weighted by Gasteiger charge is 2.36. The number of Topliss-reactive ketones (excluding diaryl/α,β-unsaturated/α-hetero) is 1. The lowest BCUT2D eigenvalue weighted by Crippen LogP contribution is -2.33. The molecule has 1 unspecified atom stereocenters. The first kappa shape index (κ1) is 12.7. The highest BCUT2D eigenvalue weighted by Crippen LogP contribution is 2.40. The van der Waals surface area contributed by atoms with Crippen molar-refractivity contribution in [1.29, 1.82) is 0 Å². The zero-order chi connectivity index (χ0) is 13.3. The van der Waals surface area contributed by atoms with Crippen LogP contribution >= 0.6 is 11.6 Å². The summed E-state index contributed by atoms with van der Waals surface area (Å²) in [5.41, 5.74) is 9.12. The maximum Gasteiger partial charge on any atom is 0.163 e. The van der Waals surface area contributed by atoms with Gasteiger partial charge in [-0.1, -0.05) is 16.7 Å². The van der Waals surface area contributed by atoms with E-state index in [1.807, 2.05) is 6.92 Å². The van der Waals surface area contributed by atoms with E-state index in [1.54, 1.807) is 12.1 Å². The van der Waals surface area contributed by atoms with Crippen molar-refractivity contribution in [2.24, 2.45) is 5.11 Å². The molecule has 0 spiro atoms. The van der Waals surface area contributed by atoms with E-state index in [0.717, 1.165) is 5.56 Å². The van der Waals surface area contributed by atoms with Gasteiger partial charge in [0.1, 0.15) is 11.4 Å². The summed E-state index contributed by atoms with van der Waals surface area (Å²) in [7, 11) is 0. The van der Waals surface area contributed by atoms with Gasteiger partial charge in [0, 0.05) is 21.9 Å². The smallest absolute Gasteiger partial charge is 0.163 e. The van der Waals surface area contributed by atoms with Crippen LogP contribution in [0.4, 0.5) is 0 Å². The van der Waals surface area contributed by atoms with Crippen molar-refractivity contribution < 1.29 is 9.53 Å². The van der Waals surface area contributed by atoms with Crippen LogP contribution in [0.5, 0.6) is 5.75 Å². The SMILES string of the molecule is CC(=O)c1cc(Cl)cc2c1OC(C)(CN=[N+]=[N-])C2. The highest BCUT2D eigenvalue weighted by molar-refractivity contribution is 6.31. The average molecular weight is 266 g/mol. The Hall–Kier alpha value is -1.71. The monoisotopic (exact) mass is 265 g/mol. The van der Waals surface area contributed by atoms with Crippen LogP contribution in [0.2, 0.25) is 5.02 Å². The van der Waals surface area contributed by atoms with Crippen molar-refractivity contribution in [1.82, 2.24) is 0 Å². The van der Waals surface area contributed by atoms with E-state index in [1.165, 1.54) is 6.92 Å². The summed E-state index contributed by atoms with van der Waals surface area (Å²) >= 11 is 5.98. The Labute approximate surface area is 109 Å². The number of carbonyl (C=O) groups excluding carboxylic acids is 1. The molecule has 1 aromatic rings. The maximum atomic E-state index is 11.6. The Morgan fingerprint density at radius 1 is 1.67 bits per heavy atom. The first-order valence-electron chi connectivity index (χ1n) is 5.48. The lowest BCUT2D eigenvalue weighted by atomic mass is 9.98. The lowest BCUT2D eigenvalue weighted by molar-refractivity contribution is 0.0992. The Morgan fingerprint density at radius 3 is 3.00 bits per heavy atom. The van der Waals surface area contributed by atoms with Gasteiger partial charge in [-0.15, -0.1) is 0 Å². The number of ketones is 1. The summed E-state index contributed by atoms with van der Waals surface area (Å²) < 4.78 is 5.80. The zero-order valence-corrected chi connectivity index (χ0v) is 10.9. The fourth-order valence-corrected chi connectivity index (χ4v) is 2.36. The number of ether oxygens (including phenoxy) is 1. The number of hydrogen-bond donors (Lipinski definition) is 0. The Morgan fingerprint density at radius 2 is 2.39 bits per heavy atom. The minimum atomic E-state index is -0.608. The van der Waals surface area contributed by atoms with Crippen LogP contribution in [-0.4, -0.2) is 17.9 Å².